The average molecular weight is 599 g/mol. The molecular weight excluding hydrogens is 556 g/mol. The molecule has 0 spiro atoms. The Balaban J connectivity index is 0.000000569. The van der Waals surface area contributed by atoms with Gasteiger partial charge in [-0.15, -0.1) is 5.26 Å². The van der Waals surface area contributed by atoms with Crippen LogP contribution in [-0.4, -0.2) is 30.8 Å². The van der Waals surface area contributed by atoms with E-state index in [0.29, 0.717) is 40.7 Å². The van der Waals surface area contributed by atoms with Crippen LogP contribution in [0.15, 0.2) is 89.3 Å². The summed E-state index contributed by atoms with van der Waals surface area (Å²) in [4.78, 5) is 26.3. The van der Waals surface area contributed by atoms with Gasteiger partial charge in [0, 0.05) is 42.0 Å². The van der Waals surface area contributed by atoms with E-state index < -0.39 is 0 Å². The Morgan fingerprint density at radius 2 is 1.70 bits per heavy atom. The lowest BCUT2D eigenvalue weighted by Crippen LogP contribution is -2.28. The molecule has 2 aromatic carbocycles. The number of ether oxygens (including phenoxy) is 1. The van der Waals surface area contributed by atoms with E-state index in [9.17, 15) is 9.59 Å². The molecule has 0 aliphatic heterocycles. The van der Waals surface area contributed by atoms with Crippen molar-refractivity contribution in [2.45, 2.75) is 44.9 Å². The number of nitriles is 1. The van der Waals surface area contributed by atoms with E-state index in [1.807, 2.05) is 18.2 Å². The summed E-state index contributed by atoms with van der Waals surface area (Å²) in [6.07, 6.45) is 14.3. The number of nitrogen functional groups attached to an aromatic ring is 1. The number of benzene rings is 2. The van der Waals surface area contributed by atoms with Gasteiger partial charge in [-0.05, 0) is 67.2 Å². The molecule has 1 aliphatic rings. The number of hydrogen-bond donors (Lipinski definition) is 6. The minimum absolute atomic E-state index is 0.0127. The maximum absolute atomic E-state index is 12.4. The number of allylic oxidation sites excluding steroid dienone is 4. The molecule has 1 amide bonds. The Kier molecular flexibility index (Phi) is 15.0. The average Bonchev–Trinajstić information content (AvgIpc) is 3.28. The second-order valence-corrected chi connectivity index (χ2v) is 10.2. The monoisotopic (exact) mass is 598 g/mol. The van der Waals surface area contributed by atoms with E-state index in [-0.39, 0.29) is 30.0 Å². The van der Waals surface area contributed by atoms with Gasteiger partial charge in [-0.3, -0.25) is 9.79 Å². The van der Waals surface area contributed by atoms with Gasteiger partial charge in [0.2, 0.25) is 5.91 Å². The minimum Gasteiger partial charge on any atom is -0.402 e. The van der Waals surface area contributed by atoms with Crippen LogP contribution in [0.1, 0.15) is 43.2 Å². The Morgan fingerprint density at radius 1 is 1.05 bits per heavy atom. The molecule has 11 nitrogen and oxygen atoms in total. The van der Waals surface area contributed by atoms with E-state index in [1.54, 1.807) is 67.9 Å². The van der Waals surface area contributed by atoms with Gasteiger partial charge >= 0.3 is 0 Å². The molecule has 10 N–H and O–H groups in total. The molecule has 232 valence electrons. The summed E-state index contributed by atoms with van der Waals surface area (Å²) in [7, 11) is 1.61. The predicted octanol–water partition coefficient (Wildman–Crippen LogP) is 3.62. The van der Waals surface area contributed by atoms with Crippen LogP contribution in [0.25, 0.3) is 0 Å². The third-order valence-corrected chi connectivity index (χ3v) is 7.10. The smallest absolute Gasteiger partial charge is 0.292 e. The second-order valence-electron chi connectivity index (χ2n) is 10.2. The first-order chi connectivity index (χ1) is 21.2. The van der Waals surface area contributed by atoms with Crippen LogP contribution in [0.3, 0.4) is 0 Å². The van der Waals surface area contributed by atoms with Crippen molar-refractivity contribution < 1.29 is 14.3 Å². The van der Waals surface area contributed by atoms with Gasteiger partial charge < -0.3 is 43.2 Å². The number of rotatable bonds is 11. The number of carbonyl (C=O) groups excluding carboxylic acids is 2. The molecule has 0 bridgehead atoms. The Hall–Kier alpha value is -5.37. The van der Waals surface area contributed by atoms with Crippen molar-refractivity contribution in [3.05, 3.63) is 95.5 Å². The Morgan fingerprint density at radius 3 is 2.36 bits per heavy atom. The summed E-state index contributed by atoms with van der Waals surface area (Å²) in [5, 5.41) is 19.8. The van der Waals surface area contributed by atoms with Crippen molar-refractivity contribution in [2.24, 2.45) is 34.0 Å². The predicted molar refractivity (Wildman–Crippen MR) is 174 cm³/mol. The second kappa shape index (κ2) is 18.9. The van der Waals surface area contributed by atoms with Gasteiger partial charge in [-0.25, -0.2) is 0 Å². The van der Waals surface area contributed by atoms with E-state index in [0.717, 1.165) is 44.0 Å². The van der Waals surface area contributed by atoms with Crippen LogP contribution in [0.5, 0.6) is 5.75 Å². The molecule has 2 unspecified atom stereocenters. The van der Waals surface area contributed by atoms with Crippen molar-refractivity contribution in [1.82, 2.24) is 5.32 Å². The highest BCUT2D eigenvalue weighted by molar-refractivity contribution is 6.01. The number of nitrogens with two attached hydrogens (primary N) is 4. The molecule has 1 saturated carbocycles. The number of hydrogen-bond acceptors (Lipinski definition) is 9. The maximum Gasteiger partial charge on any atom is 0.292 e. The molecular formula is C33H42N8O3. The molecule has 44 heavy (non-hydrogen) atoms. The summed E-state index contributed by atoms with van der Waals surface area (Å²) in [5.41, 5.74) is 26.9. The zero-order valence-corrected chi connectivity index (χ0v) is 25.0. The normalized spacial score (nSPS) is 17.4. The fourth-order valence-corrected chi connectivity index (χ4v) is 4.68. The topological polar surface area (TPSA) is 219 Å². The lowest BCUT2D eigenvalue weighted by molar-refractivity contribution is -0.119. The number of carbonyl (C=O) groups is 2. The summed E-state index contributed by atoms with van der Waals surface area (Å²) in [6.45, 7) is 0. The molecule has 0 radical (unpaired) electrons. The first-order valence-electron chi connectivity index (χ1n) is 14.3. The van der Waals surface area contributed by atoms with Crippen LogP contribution in [0.2, 0.25) is 0 Å². The lowest BCUT2D eigenvalue weighted by atomic mass is 9.87. The maximum atomic E-state index is 12.4. The van der Waals surface area contributed by atoms with Gasteiger partial charge in [-0.2, -0.15) is 0 Å². The van der Waals surface area contributed by atoms with Gasteiger partial charge in [0.25, 0.3) is 6.26 Å². The SMILES string of the molecule is CN=C(N)/C=C\C(=N)C1CCCCC(/C(N)=C/C=C(\N)NC(=O)Cc2ccccc2OC#N)C1.Nc1ccccc1CC=O. The summed E-state index contributed by atoms with van der Waals surface area (Å²) >= 11 is 0. The number of aliphatic imine (C=N–C) groups is 1. The quantitative estimate of drug-likeness (QED) is 0.0425. The summed E-state index contributed by atoms with van der Waals surface area (Å²) < 4.78 is 4.88. The highest BCUT2D eigenvalue weighted by Crippen LogP contribution is 2.31. The first kappa shape index (κ1) is 34.8. The molecule has 1 aliphatic carbocycles. The summed E-state index contributed by atoms with van der Waals surface area (Å²) in [5.74, 6) is 0.768. The highest BCUT2D eigenvalue weighted by Gasteiger charge is 2.23. The zero-order chi connectivity index (χ0) is 32.3. The molecule has 0 aromatic heterocycles. The number of nitrogens with one attached hydrogen (secondary N) is 2. The highest BCUT2D eigenvalue weighted by atomic mass is 16.5. The van der Waals surface area contributed by atoms with Crippen LogP contribution in [-0.2, 0) is 22.4 Å². The molecule has 0 heterocycles. The minimum atomic E-state index is -0.334. The number of amides is 1. The van der Waals surface area contributed by atoms with E-state index in [2.05, 4.69) is 10.3 Å². The van der Waals surface area contributed by atoms with Crippen molar-refractivity contribution in [1.29, 1.82) is 10.7 Å². The van der Waals surface area contributed by atoms with E-state index in [4.69, 9.17) is 38.3 Å². The zero-order valence-electron chi connectivity index (χ0n) is 25.0. The molecule has 3 rings (SSSR count). The molecule has 2 aromatic rings. The number of para-hydroxylation sites is 2. The fraction of sp³-hybridized carbons (Fsp3) is 0.303. The van der Waals surface area contributed by atoms with Gasteiger partial charge in [0.15, 0.2) is 0 Å². The first-order valence-corrected chi connectivity index (χ1v) is 14.3. The van der Waals surface area contributed by atoms with E-state index in [1.165, 1.54) is 0 Å². The van der Waals surface area contributed by atoms with Crippen molar-refractivity contribution >= 4 is 29.4 Å². The lowest BCUT2D eigenvalue weighted by Gasteiger charge is -2.20. The fourth-order valence-electron chi connectivity index (χ4n) is 4.68. The number of nitrogens with zero attached hydrogens (tertiary/aromatic N) is 2. The standard InChI is InChI=1S/C25H33N7O2.C8H9NO/c1-31-23(29)12-10-20(27)17-6-2-3-7-18(14-17)21(28)11-13-24(30)32-25(33)15-19-8-4-5-9-22(19)34-16-26;9-8-4-2-1-3-7(8)5-6-10/h4-5,8-13,17-18,27H,2-3,6-7,14-15,28,30H2,1H3,(H2,29,31)(H,32,33);1-4,6H,5,9H2/b12-10-,21-11-,24-13+,27-20?;. The Bertz CT molecular complexity index is 1440. The van der Waals surface area contributed by atoms with Crippen LogP contribution in [0, 0.1) is 28.8 Å². The third-order valence-electron chi connectivity index (χ3n) is 7.10. The molecule has 11 heteroatoms. The number of amidine groups is 1. The van der Waals surface area contributed by atoms with Crippen LogP contribution >= 0.6 is 0 Å². The van der Waals surface area contributed by atoms with Gasteiger partial charge in [0.1, 0.15) is 23.7 Å². The number of anilines is 1. The number of aldehydes is 1. The van der Waals surface area contributed by atoms with Crippen molar-refractivity contribution in [2.75, 3.05) is 12.8 Å². The Labute approximate surface area is 258 Å². The van der Waals surface area contributed by atoms with Crippen LogP contribution < -0.4 is 33.0 Å². The van der Waals surface area contributed by atoms with Crippen molar-refractivity contribution in [3.63, 3.8) is 0 Å². The van der Waals surface area contributed by atoms with Gasteiger partial charge in [0.05, 0.1) is 6.42 Å². The third kappa shape index (κ3) is 12.2. The molecule has 1 fully saturated rings. The van der Waals surface area contributed by atoms with Crippen molar-refractivity contribution in [3.8, 4) is 12.0 Å². The van der Waals surface area contributed by atoms with E-state index >= 15 is 0 Å². The largest absolute Gasteiger partial charge is 0.402 e. The molecule has 2 atom stereocenters. The molecule has 0 saturated heterocycles. The van der Waals surface area contributed by atoms with Gasteiger partial charge in [-0.1, -0.05) is 49.2 Å². The van der Waals surface area contributed by atoms with Crippen LogP contribution in [0.4, 0.5) is 5.69 Å². The summed E-state index contributed by atoms with van der Waals surface area (Å²) in [6, 6.07) is 14.2.